The molecule has 0 fully saturated rings. The molecule has 0 aliphatic carbocycles. The lowest BCUT2D eigenvalue weighted by Gasteiger charge is -2.14. The zero-order valence-electron chi connectivity index (χ0n) is 30.7. The smallest absolute Gasteiger partial charge is 0.160 e. The van der Waals surface area contributed by atoms with Gasteiger partial charge in [0.2, 0.25) is 0 Å². The summed E-state index contributed by atoms with van der Waals surface area (Å²) in [5, 5.41) is 4.76. The maximum atomic E-state index is 5.35. The van der Waals surface area contributed by atoms with E-state index < -0.39 is 0 Å². The summed E-state index contributed by atoms with van der Waals surface area (Å²) in [6.07, 6.45) is 0. The maximum Gasteiger partial charge on any atom is 0.160 e. The molecule has 0 aliphatic rings. The van der Waals surface area contributed by atoms with E-state index in [0.29, 0.717) is 5.82 Å². The van der Waals surface area contributed by atoms with Gasteiger partial charge in [0.1, 0.15) is 0 Å². The largest absolute Gasteiger partial charge is 0.228 e. The maximum absolute atomic E-state index is 5.35. The molecule has 0 spiro atoms. The van der Waals surface area contributed by atoms with Crippen LogP contribution in [0.5, 0.6) is 0 Å². The summed E-state index contributed by atoms with van der Waals surface area (Å²) in [6.45, 7) is 0. The first-order valence-electron chi connectivity index (χ1n) is 19.0. The van der Waals surface area contributed by atoms with Crippen LogP contribution in [0.25, 0.3) is 100.0 Å². The van der Waals surface area contributed by atoms with Gasteiger partial charge in [-0.05, 0) is 109 Å². The topological polar surface area (TPSA) is 25.8 Å². The van der Waals surface area contributed by atoms with Crippen molar-refractivity contribution in [2.45, 2.75) is 0 Å². The van der Waals surface area contributed by atoms with Crippen molar-refractivity contribution in [1.82, 2.24) is 9.97 Å². The summed E-state index contributed by atoms with van der Waals surface area (Å²) in [4.78, 5) is 10.7. The van der Waals surface area contributed by atoms with Crippen molar-refractivity contribution in [2.75, 3.05) is 0 Å². The molecular weight excluding hydrogens is 677 g/mol. The quantitative estimate of drug-likeness (QED) is 0.164. The van der Waals surface area contributed by atoms with Crippen LogP contribution in [0, 0.1) is 0 Å². The molecular formula is C54H36N2. The van der Waals surface area contributed by atoms with Gasteiger partial charge in [0.05, 0.1) is 11.4 Å². The first-order valence-corrected chi connectivity index (χ1v) is 19.0. The van der Waals surface area contributed by atoms with E-state index in [-0.39, 0.29) is 0 Å². The lowest BCUT2D eigenvalue weighted by molar-refractivity contribution is 1.18. The second kappa shape index (κ2) is 14.4. The van der Waals surface area contributed by atoms with Crippen molar-refractivity contribution >= 4 is 21.5 Å². The minimum absolute atomic E-state index is 0.682. The van der Waals surface area contributed by atoms with Crippen molar-refractivity contribution in [3.63, 3.8) is 0 Å². The zero-order chi connectivity index (χ0) is 37.3. The van der Waals surface area contributed by atoms with Crippen LogP contribution in [-0.2, 0) is 0 Å². The van der Waals surface area contributed by atoms with E-state index in [9.17, 15) is 0 Å². The first kappa shape index (κ1) is 33.2. The number of hydrogen-bond donors (Lipinski definition) is 0. The van der Waals surface area contributed by atoms with E-state index >= 15 is 0 Å². The number of aromatic nitrogens is 2. The molecule has 0 N–H and O–H groups in total. The van der Waals surface area contributed by atoms with E-state index in [1.165, 1.54) is 43.8 Å². The van der Waals surface area contributed by atoms with E-state index in [1.54, 1.807) is 0 Å². The van der Waals surface area contributed by atoms with Gasteiger partial charge in [-0.3, -0.25) is 0 Å². The van der Waals surface area contributed by atoms with Crippen LogP contribution in [0.3, 0.4) is 0 Å². The predicted molar refractivity (Wildman–Crippen MR) is 235 cm³/mol. The number of benzene rings is 9. The number of rotatable bonds is 7. The fourth-order valence-electron chi connectivity index (χ4n) is 7.65. The van der Waals surface area contributed by atoms with Crippen molar-refractivity contribution in [3.8, 4) is 78.4 Å². The third-order valence-corrected chi connectivity index (χ3v) is 10.6. The Balaban J connectivity index is 1.17. The average molecular weight is 713 g/mol. The standard InChI is InChI=1S/C54H36N2/c1-3-12-37(13-4-1)41-22-24-42(25-23-41)49-33-50(46-21-11-20-45(30-46)38-14-5-2-6-15-38)35-51(34-49)54-55-52(47-28-26-39-16-7-9-18-43(39)31-47)36-53(56-54)48-29-27-40-17-8-10-19-44(40)32-48/h1-36H. The molecule has 1 aromatic heterocycles. The Hall–Kier alpha value is -7.42. The van der Waals surface area contributed by atoms with Crippen LogP contribution >= 0.6 is 0 Å². The lowest BCUT2D eigenvalue weighted by Crippen LogP contribution is -1.97. The van der Waals surface area contributed by atoms with Gasteiger partial charge in [-0.25, -0.2) is 9.97 Å². The van der Waals surface area contributed by atoms with E-state index in [0.717, 1.165) is 50.3 Å². The highest BCUT2D eigenvalue weighted by atomic mass is 14.9. The summed E-state index contributed by atoms with van der Waals surface area (Å²) in [7, 11) is 0. The van der Waals surface area contributed by atoms with Gasteiger partial charge in [-0.2, -0.15) is 0 Å². The number of nitrogens with zero attached hydrogens (tertiary/aromatic N) is 2. The highest BCUT2D eigenvalue weighted by Gasteiger charge is 2.15. The van der Waals surface area contributed by atoms with Crippen LogP contribution in [0.2, 0.25) is 0 Å². The molecule has 0 atom stereocenters. The average Bonchev–Trinajstić information content (AvgIpc) is 3.29. The fourth-order valence-corrected chi connectivity index (χ4v) is 7.65. The Labute approximate surface area is 327 Å². The third kappa shape index (κ3) is 6.66. The Bertz CT molecular complexity index is 2910. The van der Waals surface area contributed by atoms with Crippen LogP contribution < -0.4 is 0 Å². The highest BCUT2D eigenvalue weighted by Crippen LogP contribution is 2.37. The van der Waals surface area contributed by atoms with Gasteiger partial charge < -0.3 is 0 Å². The van der Waals surface area contributed by atoms with Gasteiger partial charge >= 0.3 is 0 Å². The van der Waals surface area contributed by atoms with Crippen LogP contribution in [0.4, 0.5) is 0 Å². The van der Waals surface area contributed by atoms with E-state index in [2.05, 4.69) is 218 Å². The van der Waals surface area contributed by atoms with E-state index in [1.807, 2.05) is 0 Å². The molecule has 0 amide bonds. The second-order valence-corrected chi connectivity index (χ2v) is 14.3. The zero-order valence-corrected chi connectivity index (χ0v) is 30.7. The second-order valence-electron chi connectivity index (χ2n) is 14.3. The summed E-state index contributed by atoms with van der Waals surface area (Å²) in [5.41, 5.74) is 14.1. The molecule has 10 rings (SSSR count). The summed E-state index contributed by atoms with van der Waals surface area (Å²) >= 11 is 0. The molecule has 0 unspecified atom stereocenters. The fraction of sp³-hybridized carbons (Fsp3) is 0. The summed E-state index contributed by atoms with van der Waals surface area (Å²) in [6, 6.07) is 77.8. The number of fused-ring (bicyclic) bond motifs is 2. The van der Waals surface area contributed by atoms with Gasteiger partial charge in [-0.1, -0.05) is 176 Å². The molecule has 1 heterocycles. The summed E-state index contributed by atoms with van der Waals surface area (Å²) in [5.74, 6) is 0.682. The lowest BCUT2D eigenvalue weighted by atomic mass is 9.93. The molecule has 0 saturated heterocycles. The first-order chi connectivity index (χ1) is 27.7. The molecule has 262 valence electrons. The van der Waals surface area contributed by atoms with Crippen LogP contribution in [0.15, 0.2) is 218 Å². The Morgan fingerprint density at radius 3 is 1.11 bits per heavy atom. The Morgan fingerprint density at radius 2 is 0.554 bits per heavy atom. The van der Waals surface area contributed by atoms with Crippen LogP contribution in [0.1, 0.15) is 0 Å². The molecule has 56 heavy (non-hydrogen) atoms. The molecule has 9 aromatic carbocycles. The van der Waals surface area contributed by atoms with Crippen molar-refractivity contribution in [3.05, 3.63) is 218 Å². The Kier molecular flexibility index (Phi) is 8.55. The van der Waals surface area contributed by atoms with Crippen molar-refractivity contribution < 1.29 is 0 Å². The van der Waals surface area contributed by atoms with Gasteiger partial charge in [0.15, 0.2) is 5.82 Å². The van der Waals surface area contributed by atoms with Crippen LogP contribution in [-0.4, -0.2) is 9.97 Å². The normalized spacial score (nSPS) is 11.2. The van der Waals surface area contributed by atoms with Crippen molar-refractivity contribution in [1.29, 1.82) is 0 Å². The SMILES string of the molecule is c1ccc(-c2ccc(-c3cc(-c4cccc(-c5ccccc5)c4)cc(-c4nc(-c5ccc6ccccc6c5)cc(-c5ccc6ccccc6c5)n4)c3)cc2)cc1. The van der Waals surface area contributed by atoms with Crippen molar-refractivity contribution in [2.24, 2.45) is 0 Å². The molecule has 10 aromatic rings. The molecule has 2 nitrogen and oxygen atoms in total. The molecule has 0 saturated carbocycles. The third-order valence-electron chi connectivity index (χ3n) is 10.6. The highest BCUT2D eigenvalue weighted by molar-refractivity contribution is 5.90. The molecule has 0 aliphatic heterocycles. The molecule has 0 bridgehead atoms. The monoisotopic (exact) mass is 712 g/mol. The van der Waals surface area contributed by atoms with E-state index in [4.69, 9.17) is 9.97 Å². The minimum Gasteiger partial charge on any atom is -0.228 e. The number of hydrogen-bond acceptors (Lipinski definition) is 2. The Morgan fingerprint density at radius 1 is 0.196 bits per heavy atom. The van der Waals surface area contributed by atoms with Gasteiger partial charge in [-0.15, -0.1) is 0 Å². The van der Waals surface area contributed by atoms with Gasteiger partial charge in [0, 0.05) is 16.7 Å². The molecule has 0 radical (unpaired) electrons. The minimum atomic E-state index is 0.682. The molecule has 2 heteroatoms. The van der Waals surface area contributed by atoms with Gasteiger partial charge in [0.25, 0.3) is 0 Å². The summed E-state index contributed by atoms with van der Waals surface area (Å²) < 4.78 is 0. The predicted octanol–water partition coefficient (Wildman–Crippen LogP) is 14.5.